The second kappa shape index (κ2) is 4.12. The number of carbonyl (C=O) groups is 2. The predicted octanol–water partition coefficient (Wildman–Crippen LogP) is 1.77. The maximum absolute atomic E-state index is 11.8. The van der Waals surface area contributed by atoms with E-state index in [1.807, 2.05) is 24.3 Å². The van der Waals surface area contributed by atoms with Gasteiger partial charge in [0.2, 0.25) is 5.91 Å². The summed E-state index contributed by atoms with van der Waals surface area (Å²) in [5.74, 6) is -1.73. The van der Waals surface area contributed by atoms with Crippen molar-refractivity contribution in [2.45, 2.75) is 12.5 Å². The van der Waals surface area contributed by atoms with Crippen LogP contribution in [0, 0.1) is 5.92 Å². The molecule has 0 spiro atoms. The van der Waals surface area contributed by atoms with Crippen molar-refractivity contribution in [3.8, 4) is 0 Å². The molecule has 98 valence electrons. The zero-order valence-electron chi connectivity index (χ0n) is 10.5. The Kier molecular flexibility index (Phi) is 2.55. The number of hydrogen-bond acceptors (Lipinski definition) is 2. The molecular weight excluding hydrogens is 244 g/mol. The topological polar surface area (TPSA) is 73.4 Å². The number of nitrogens with one attached hydrogen (secondary N) is 1. The van der Waals surface area contributed by atoms with Crippen molar-refractivity contribution in [3.63, 3.8) is 0 Å². The lowest BCUT2D eigenvalue weighted by molar-refractivity contribution is -0.142. The molecule has 1 amide bonds. The maximum Gasteiger partial charge on any atom is 0.309 e. The van der Waals surface area contributed by atoms with Gasteiger partial charge in [0.15, 0.2) is 0 Å². The lowest BCUT2D eigenvalue weighted by Gasteiger charge is -2.22. The molecule has 5 nitrogen and oxygen atoms in total. The number of nitrogens with zero attached hydrogens (tertiary/aromatic N) is 1. The predicted molar refractivity (Wildman–Crippen MR) is 69.6 cm³/mol. The van der Waals surface area contributed by atoms with Gasteiger partial charge >= 0.3 is 5.97 Å². The molecule has 0 saturated carbocycles. The van der Waals surface area contributed by atoms with Crippen molar-refractivity contribution in [1.29, 1.82) is 0 Å². The van der Waals surface area contributed by atoms with Gasteiger partial charge in [-0.05, 0) is 6.07 Å². The lowest BCUT2D eigenvalue weighted by Crippen LogP contribution is -2.26. The smallest absolute Gasteiger partial charge is 0.309 e. The number of benzene rings is 1. The molecule has 1 aliphatic rings. The molecule has 19 heavy (non-hydrogen) atoms. The summed E-state index contributed by atoms with van der Waals surface area (Å²) in [6, 6.07) is 7.30. The van der Waals surface area contributed by atoms with E-state index in [1.54, 1.807) is 13.2 Å². The number of aliphatic carboxylic acids is 1. The highest BCUT2D eigenvalue weighted by atomic mass is 16.4. The van der Waals surface area contributed by atoms with Crippen molar-refractivity contribution in [1.82, 2.24) is 9.88 Å². The van der Waals surface area contributed by atoms with E-state index in [9.17, 15) is 14.7 Å². The molecule has 0 aliphatic carbocycles. The van der Waals surface area contributed by atoms with Gasteiger partial charge in [0.25, 0.3) is 0 Å². The van der Waals surface area contributed by atoms with Gasteiger partial charge in [-0.2, -0.15) is 0 Å². The van der Waals surface area contributed by atoms with E-state index < -0.39 is 17.9 Å². The summed E-state index contributed by atoms with van der Waals surface area (Å²) in [5, 5.41) is 10.3. The van der Waals surface area contributed by atoms with Crippen LogP contribution in [0.2, 0.25) is 0 Å². The SMILES string of the molecule is CN1C(=O)CC(C(=O)O)C1c1c[nH]c2ccccc12. The summed E-state index contributed by atoms with van der Waals surface area (Å²) in [6.07, 6.45) is 1.87. The number of amides is 1. The first kappa shape index (κ1) is 11.8. The average molecular weight is 258 g/mol. The van der Waals surface area contributed by atoms with Crippen molar-refractivity contribution >= 4 is 22.8 Å². The minimum Gasteiger partial charge on any atom is -0.481 e. The molecule has 1 aromatic carbocycles. The number of carboxylic acids is 1. The van der Waals surface area contributed by atoms with Gasteiger partial charge in [-0.3, -0.25) is 9.59 Å². The number of aromatic nitrogens is 1. The second-order valence-electron chi connectivity index (χ2n) is 4.89. The number of carbonyl (C=O) groups excluding carboxylic acids is 1. The van der Waals surface area contributed by atoms with E-state index >= 15 is 0 Å². The third-order valence-electron chi connectivity index (χ3n) is 3.84. The van der Waals surface area contributed by atoms with Crippen LogP contribution in [0.25, 0.3) is 10.9 Å². The summed E-state index contributed by atoms with van der Waals surface area (Å²) in [6.45, 7) is 0. The number of hydrogen-bond donors (Lipinski definition) is 2. The molecule has 1 aromatic heterocycles. The third-order valence-corrected chi connectivity index (χ3v) is 3.84. The van der Waals surface area contributed by atoms with Gasteiger partial charge in [0, 0.05) is 36.1 Å². The van der Waals surface area contributed by atoms with Crippen LogP contribution in [0.1, 0.15) is 18.0 Å². The van der Waals surface area contributed by atoms with Crippen molar-refractivity contribution in [3.05, 3.63) is 36.0 Å². The van der Waals surface area contributed by atoms with E-state index in [0.717, 1.165) is 16.5 Å². The number of para-hydroxylation sites is 1. The van der Waals surface area contributed by atoms with Crippen molar-refractivity contribution in [2.24, 2.45) is 5.92 Å². The zero-order valence-corrected chi connectivity index (χ0v) is 10.5. The van der Waals surface area contributed by atoms with Crippen LogP contribution < -0.4 is 0 Å². The first-order valence-corrected chi connectivity index (χ1v) is 6.14. The molecule has 5 heteroatoms. The quantitative estimate of drug-likeness (QED) is 0.862. The van der Waals surface area contributed by atoms with E-state index in [1.165, 1.54) is 4.90 Å². The number of fused-ring (bicyclic) bond motifs is 1. The van der Waals surface area contributed by atoms with Gasteiger partial charge in [-0.1, -0.05) is 18.2 Å². The van der Waals surface area contributed by atoms with Crippen LogP contribution in [-0.2, 0) is 9.59 Å². The van der Waals surface area contributed by atoms with Crippen molar-refractivity contribution in [2.75, 3.05) is 7.05 Å². The molecule has 0 bridgehead atoms. The number of aromatic amines is 1. The first-order valence-electron chi connectivity index (χ1n) is 6.14. The van der Waals surface area contributed by atoms with Gasteiger partial charge in [0.1, 0.15) is 0 Å². The van der Waals surface area contributed by atoms with E-state index in [0.29, 0.717) is 0 Å². The van der Waals surface area contributed by atoms with Gasteiger partial charge < -0.3 is 15.0 Å². The molecule has 1 aliphatic heterocycles. The summed E-state index contributed by atoms with van der Waals surface area (Å²) in [4.78, 5) is 27.8. The van der Waals surface area contributed by atoms with Gasteiger partial charge in [-0.15, -0.1) is 0 Å². The summed E-state index contributed by atoms with van der Waals surface area (Å²) in [7, 11) is 1.66. The fourth-order valence-corrected chi connectivity index (χ4v) is 2.86. The molecule has 0 radical (unpaired) electrons. The molecule has 3 rings (SSSR count). The Balaban J connectivity index is 2.13. The summed E-state index contributed by atoms with van der Waals surface area (Å²) in [5.41, 5.74) is 1.82. The second-order valence-corrected chi connectivity index (χ2v) is 4.89. The summed E-state index contributed by atoms with van der Waals surface area (Å²) >= 11 is 0. The maximum atomic E-state index is 11.8. The van der Waals surface area contributed by atoms with E-state index in [4.69, 9.17) is 0 Å². The number of carboxylic acid groups (broad SMARTS) is 1. The van der Waals surface area contributed by atoms with Crippen LogP contribution in [0.15, 0.2) is 30.5 Å². The minimum absolute atomic E-state index is 0.0655. The Hall–Kier alpha value is -2.30. The fraction of sp³-hybridized carbons (Fsp3) is 0.286. The highest BCUT2D eigenvalue weighted by Crippen LogP contribution is 2.39. The first-order chi connectivity index (χ1) is 9.09. The Morgan fingerprint density at radius 1 is 1.42 bits per heavy atom. The lowest BCUT2D eigenvalue weighted by atomic mass is 9.93. The highest BCUT2D eigenvalue weighted by Gasteiger charge is 2.43. The summed E-state index contributed by atoms with van der Waals surface area (Å²) < 4.78 is 0. The fourth-order valence-electron chi connectivity index (χ4n) is 2.86. The molecular formula is C14H14N2O3. The third kappa shape index (κ3) is 1.69. The molecule has 1 fully saturated rings. The average Bonchev–Trinajstić information content (AvgIpc) is 2.92. The largest absolute Gasteiger partial charge is 0.481 e. The Morgan fingerprint density at radius 3 is 2.89 bits per heavy atom. The van der Waals surface area contributed by atoms with Gasteiger partial charge in [-0.25, -0.2) is 0 Å². The van der Waals surface area contributed by atoms with Crippen LogP contribution in [0.3, 0.4) is 0 Å². The van der Waals surface area contributed by atoms with Crippen LogP contribution in [0.5, 0.6) is 0 Å². The van der Waals surface area contributed by atoms with Crippen LogP contribution in [-0.4, -0.2) is 33.9 Å². The molecule has 2 N–H and O–H groups in total. The molecule has 1 saturated heterocycles. The highest BCUT2D eigenvalue weighted by molar-refractivity contribution is 5.90. The minimum atomic E-state index is -0.923. The number of likely N-dealkylation sites (tertiary alicyclic amines) is 1. The molecule has 2 heterocycles. The number of H-pyrrole nitrogens is 1. The Labute approximate surface area is 109 Å². The monoisotopic (exact) mass is 258 g/mol. The Morgan fingerprint density at radius 2 is 2.16 bits per heavy atom. The molecule has 2 unspecified atom stereocenters. The number of rotatable bonds is 2. The van der Waals surface area contributed by atoms with Crippen LogP contribution in [0.4, 0.5) is 0 Å². The standard InChI is InChI=1S/C14H14N2O3/c1-16-12(17)6-9(14(18)19)13(16)10-7-15-11-5-3-2-4-8(10)11/h2-5,7,9,13,15H,6H2,1H3,(H,18,19). The van der Waals surface area contributed by atoms with Crippen LogP contribution >= 0.6 is 0 Å². The Bertz CT molecular complexity index is 662. The van der Waals surface area contributed by atoms with Crippen molar-refractivity contribution < 1.29 is 14.7 Å². The normalized spacial score (nSPS) is 23.2. The zero-order chi connectivity index (χ0) is 13.6. The molecule has 2 atom stereocenters. The van der Waals surface area contributed by atoms with E-state index in [-0.39, 0.29) is 12.3 Å². The molecule has 2 aromatic rings. The van der Waals surface area contributed by atoms with Gasteiger partial charge in [0.05, 0.1) is 12.0 Å². The van der Waals surface area contributed by atoms with E-state index in [2.05, 4.69) is 4.98 Å².